The minimum absolute atomic E-state index is 0.324. The van der Waals surface area contributed by atoms with Gasteiger partial charge in [-0.15, -0.1) is 0 Å². The molecule has 0 aromatic carbocycles. The molecule has 4 heteroatoms. The van der Waals surface area contributed by atoms with Gasteiger partial charge in [-0.2, -0.15) is 0 Å². The summed E-state index contributed by atoms with van der Waals surface area (Å²) in [7, 11) is 0. The highest BCUT2D eigenvalue weighted by Gasteiger charge is 2.47. The molecule has 1 radical (unpaired) electrons. The van der Waals surface area contributed by atoms with Crippen LogP contribution in [0.5, 0.6) is 0 Å². The second-order valence-electron chi connectivity index (χ2n) is 2.96. The molecule has 0 atom stereocenters. The van der Waals surface area contributed by atoms with Crippen molar-refractivity contribution in [2.45, 2.75) is 19.3 Å². The number of primary amides is 2. The van der Waals surface area contributed by atoms with E-state index in [2.05, 4.69) is 0 Å². The van der Waals surface area contributed by atoms with Crippen molar-refractivity contribution in [2.75, 3.05) is 0 Å². The highest BCUT2D eigenvalue weighted by Crippen LogP contribution is 2.48. The zero-order chi connectivity index (χ0) is 8.48. The normalized spacial score (nSPS) is 19.3. The van der Waals surface area contributed by atoms with Crippen molar-refractivity contribution < 1.29 is 9.59 Å². The van der Waals surface area contributed by atoms with Crippen molar-refractivity contribution in [2.24, 2.45) is 16.9 Å². The summed E-state index contributed by atoms with van der Waals surface area (Å²) in [6.45, 7) is 0. The van der Waals surface area contributed by atoms with Crippen LogP contribution in [0, 0.1) is 11.8 Å². The van der Waals surface area contributed by atoms with Crippen LogP contribution in [0.2, 0.25) is 0 Å². The first-order chi connectivity index (χ1) is 5.07. The van der Waals surface area contributed by atoms with Gasteiger partial charge < -0.3 is 11.5 Å². The molecule has 11 heavy (non-hydrogen) atoms. The van der Waals surface area contributed by atoms with Crippen LogP contribution in [0.15, 0.2) is 0 Å². The van der Waals surface area contributed by atoms with Gasteiger partial charge >= 0.3 is 0 Å². The van der Waals surface area contributed by atoms with Crippen molar-refractivity contribution in [3.8, 4) is 0 Å². The first-order valence-corrected chi connectivity index (χ1v) is 3.49. The zero-order valence-corrected chi connectivity index (χ0v) is 6.17. The Morgan fingerprint density at radius 3 is 2.18 bits per heavy atom. The lowest BCUT2D eigenvalue weighted by Gasteiger charge is -2.06. The zero-order valence-electron chi connectivity index (χ0n) is 6.17. The van der Waals surface area contributed by atoms with Crippen LogP contribution >= 0.6 is 0 Å². The molecular formula is C7H11N2O2. The topological polar surface area (TPSA) is 86.2 Å². The van der Waals surface area contributed by atoms with Crippen molar-refractivity contribution in [1.29, 1.82) is 0 Å². The summed E-state index contributed by atoms with van der Waals surface area (Å²) in [5.74, 6) is -0.812. The number of rotatable bonds is 4. The average molecular weight is 155 g/mol. The summed E-state index contributed by atoms with van der Waals surface area (Å²) in [5, 5.41) is 0. The third-order valence-corrected chi connectivity index (χ3v) is 2.07. The lowest BCUT2D eigenvalue weighted by Crippen LogP contribution is -2.26. The predicted octanol–water partition coefficient (Wildman–Crippen LogP) is -0.668. The molecule has 4 N–H and O–H groups in total. The SMILES string of the molecule is NC(=O)[CH]CC1(C(N)=O)CC1. The number of amides is 2. The summed E-state index contributed by atoms with van der Waals surface area (Å²) >= 11 is 0. The Labute approximate surface area is 64.9 Å². The van der Waals surface area contributed by atoms with Crippen molar-refractivity contribution >= 4 is 11.8 Å². The van der Waals surface area contributed by atoms with Gasteiger partial charge in [0.25, 0.3) is 0 Å². The first-order valence-electron chi connectivity index (χ1n) is 3.49. The maximum absolute atomic E-state index is 10.7. The van der Waals surface area contributed by atoms with E-state index in [0.29, 0.717) is 6.42 Å². The van der Waals surface area contributed by atoms with Crippen LogP contribution in [0.3, 0.4) is 0 Å². The van der Waals surface area contributed by atoms with E-state index in [9.17, 15) is 9.59 Å². The number of carbonyl (C=O) groups is 2. The third kappa shape index (κ3) is 1.69. The predicted molar refractivity (Wildman–Crippen MR) is 39.0 cm³/mol. The molecule has 1 saturated carbocycles. The molecule has 61 valence electrons. The summed E-state index contributed by atoms with van der Waals surface area (Å²) in [4.78, 5) is 21.1. The molecule has 0 aromatic rings. The second kappa shape index (κ2) is 2.53. The fourth-order valence-corrected chi connectivity index (χ4v) is 0.998. The van der Waals surface area contributed by atoms with Gasteiger partial charge in [0, 0.05) is 5.41 Å². The molecule has 0 heterocycles. The monoisotopic (exact) mass is 155 g/mol. The van der Waals surface area contributed by atoms with Crippen LogP contribution < -0.4 is 11.5 Å². The van der Waals surface area contributed by atoms with Crippen LogP contribution in [-0.4, -0.2) is 11.8 Å². The average Bonchev–Trinajstić information content (AvgIpc) is 2.63. The summed E-state index contributed by atoms with van der Waals surface area (Å²) < 4.78 is 0. The summed E-state index contributed by atoms with van der Waals surface area (Å²) in [5.41, 5.74) is 9.55. The largest absolute Gasteiger partial charge is 0.369 e. The summed E-state index contributed by atoms with van der Waals surface area (Å²) in [6.07, 6.45) is 3.29. The highest BCUT2D eigenvalue weighted by molar-refractivity contribution is 5.87. The highest BCUT2D eigenvalue weighted by atomic mass is 16.2. The fourth-order valence-electron chi connectivity index (χ4n) is 0.998. The van der Waals surface area contributed by atoms with E-state index >= 15 is 0 Å². The van der Waals surface area contributed by atoms with Gasteiger partial charge in [0.1, 0.15) is 0 Å². The molecule has 1 aliphatic carbocycles. The van der Waals surface area contributed by atoms with Gasteiger partial charge in [0.15, 0.2) is 0 Å². The molecule has 0 aliphatic heterocycles. The molecule has 2 amide bonds. The van der Waals surface area contributed by atoms with E-state index in [-0.39, 0.29) is 5.91 Å². The van der Waals surface area contributed by atoms with Crippen LogP contribution in [0.1, 0.15) is 19.3 Å². The smallest absolute Gasteiger partial charge is 0.223 e. The second-order valence-corrected chi connectivity index (χ2v) is 2.96. The van der Waals surface area contributed by atoms with Gasteiger partial charge in [-0.3, -0.25) is 9.59 Å². The Bertz CT molecular complexity index is 197. The Hall–Kier alpha value is -1.06. The summed E-state index contributed by atoms with van der Waals surface area (Å²) in [6, 6.07) is 0. The molecular weight excluding hydrogens is 144 g/mol. The van der Waals surface area contributed by atoms with Crippen LogP contribution in [-0.2, 0) is 9.59 Å². The molecule has 4 nitrogen and oxygen atoms in total. The Balaban J connectivity index is 2.36. The molecule has 0 bridgehead atoms. The van der Waals surface area contributed by atoms with E-state index < -0.39 is 11.3 Å². The van der Waals surface area contributed by atoms with Gasteiger partial charge in [-0.25, -0.2) is 0 Å². The number of hydrogen-bond donors (Lipinski definition) is 2. The molecule has 0 unspecified atom stereocenters. The number of nitrogens with two attached hydrogens (primary N) is 2. The van der Waals surface area contributed by atoms with Gasteiger partial charge in [0.05, 0.1) is 6.42 Å². The van der Waals surface area contributed by atoms with Crippen molar-refractivity contribution in [3.63, 3.8) is 0 Å². The molecule has 1 aliphatic rings. The number of hydrogen-bond acceptors (Lipinski definition) is 2. The number of carbonyl (C=O) groups excluding carboxylic acids is 2. The standard InChI is InChI=1S/C7H11N2O2/c8-5(10)1-2-7(3-4-7)6(9)11/h1H,2-4H2,(H2,8,10)(H2,9,11). The van der Waals surface area contributed by atoms with E-state index in [1.807, 2.05) is 0 Å². The fraction of sp³-hybridized carbons (Fsp3) is 0.571. The van der Waals surface area contributed by atoms with E-state index in [4.69, 9.17) is 11.5 Å². The van der Waals surface area contributed by atoms with E-state index in [1.54, 1.807) is 0 Å². The lowest BCUT2D eigenvalue weighted by molar-refractivity contribution is -0.123. The molecule has 0 saturated heterocycles. The van der Waals surface area contributed by atoms with Gasteiger partial charge in [-0.1, -0.05) is 0 Å². The molecule has 0 aromatic heterocycles. The lowest BCUT2D eigenvalue weighted by atomic mass is 10.00. The van der Waals surface area contributed by atoms with Crippen molar-refractivity contribution in [3.05, 3.63) is 6.42 Å². The molecule has 1 fully saturated rings. The Kier molecular flexibility index (Phi) is 1.85. The minimum Gasteiger partial charge on any atom is -0.369 e. The van der Waals surface area contributed by atoms with Gasteiger partial charge in [0.2, 0.25) is 11.8 Å². The maximum atomic E-state index is 10.7. The van der Waals surface area contributed by atoms with E-state index in [1.165, 1.54) is 6.42 Å². The van der Waals surface area contributed by atoms with E-state index in [0.717, 1.165) is 12.8 Å². The maximum Gasteiger partial charge on any atom is 0.223 e. The molecule has 1 rings (SSSR count). The minimum atomic E-state index is -0.488. The third-order valence-electron chi connectivity index (χ3n) is 2.07. The Morgan fingerprint density at radius 1 is 1.36 bits per heavy atom. The van der Waals surface area contributed by atoms with Crippen molar-refractivity contribution in [1.82, 2.24) is 0 Å². The Morgan fingerprint density at radius 2 is 1.91 bits per heavy atom. The van der Waals surface area contributed by atoms with Crippen LogP contribution in [0.25, 0.3) is 0 Å². The quantitative estimate of drug-likeness (QED) is 0.564. The molecule has 0 spiro atoms. The van der Waals surface area contributed by atoms with Crippen LogP contribution in [0.4, 0.5) is 0 Å². The van der Waals surface area contributed by atoms with Gasteiger partial charge in [-0.05, 0) is 19.3 Å². The first kappa shape index (κ1) is 8.04.